The molecule has 20 heavy (non-hydrogen) atoms. The van der Waals surface area contributed by atoms with Crippen LogP contribution in [0.2, 0.25) is 0 Å². The highest BCUT2D eigenvalue weighted by Crippen LogP contribution is 2.15. The van der Waals surface area contributed by atoms with Crippen LogP contribution in [-0.4, -0.2) is 15.9 Å². The number of amides is 1. The highest BCUT2D eigenvalue weighted by atomic mass is 16.1. The number of nitrogens with one attached hydrogen (secondary N) is 1. The summed E-state index contributed by atoms with van der Waals surface area (Å²) >= 11 is 0. The van der Waals surface area contributed by atoms with Crippen molar-refractivity contribution in [3.8, 4) is 0 Å². The monoisotopic (exact) mass is 263 g/mol. The molecular formula is C16H13N3O. The molecule has 3 aromatic rings. The predicted octanol–water partition coefficient (Wildman–Crippen LogP) is 2.56. The molecule has 4 nitrogen and oxygen atoms in total. The molecule has 0 radical (unpaired) electrons. The zero-order valence-corrected chi connectivity index (χ0v) is 10.8. The molecule has 2 heterocycles. The van der Waals surface area contributed by atoms with Gasteiger partial charge in [-0.3, -0.25) is 14.8 Å². The average molecular weight is 263 g/mol. The van der Waals surface area contributed by atoms with Crippen LogP contribution < -0.4 is 5.32 Å². The number of benzene rings is 1. The van der Waals surface area contributed by atoms with Gasteiger partial charge in [0, 0.05) is 36.1 Å². The summed E-state index contributed by atoms with van der Waals surface area (Å²) < 4.78 is 0. The summed E-state index contributed by atoms with van der Waals surface area (Å²) in [6.07, 6.45) is 4.98. The first kappa shape index (κ1) is 12.3. The molecule has 0 unspecified atom stereocenters. The molecule has 0 spiro atoms. The summed E-state index contributed by atoms with van der Waals surface area (Å²) in [5.41, 5.74) is 2.60. The van der Waals surface area contributed by atoms with Crippen molar-refractivity contribution >= 4 is 16.8 Å². The molecule has 0 bridgehead atoms. The first-order valence-electron chi connectivity index (χ1n) is 6.35. The Morgan fingerprint density at radius 1 is 1.00 bits per heavy atom. The number of carbonyl (C=O) groups is 1. The molecule has 3 rings (SSSR count). The zero-order valence-electron chi connectivity index (χ0n) is 10.8. The number of hydrogen-bond donors (Lipinski definition) is 1. The van der Waals surface area contributed by atoms with Crippen molar-refractivity contribution < 1.29 is 4.79 Å². The van der Waals surface area contributed by atoms with Gasteiger partial charge < -0.3 is 5.32 Å². The number of hydrogen-bond acceptors (Lipinski definition) is 3. The largest absolute Gasteiger partial charge is 0.348 e. The van der Waals surface area contributed by atoms with Crippen LogP contribution in [0.1, 0.15) is 15.9 Å². The van der Waals surface area contributed by atoms with Crippen LogP contribution >= 0.6 is 0 Å². The summed E-state index contributed by atoms with van der Waals surface area (Å²) in [7, 11) is 0. The van der Waals surface area contributed by atoms with Crippen LogP contribution in [0.4, 0.5) is 0 Å². The van der Waals surface area contributed by atoms with Gasteiger partial charge in [-0.05, 0) is 29.8 Å². The Balaban J connectivity index is 1.79. The Labute approximate surface area is 116 Å². The molecule has 1 amide bonds. The molecule has 4 heteroatoms. The third-order valence-corrected chi connectivity index (χ3v) is 3.12. The average Bonchev–Trinajstić information content (AvgIpc) is 2.53. The number of para-hydroxylation sites is 1. The van der Waals surface area contributed by atoms with Gasteiger partial charge in [-0.25, -0.2) is 0 Å². The minimum Gasteiger partial charge on any atom is -0.348 e. The Kier molecular flexibility index (Phi) is 3.37. The molecule has 1 aromatic carbocycles. The maximum absolute atomic E-state index is 12.0. The first-order valence-corrected chi connectivity index (χ1v) is 6.35. The Morgan fingerprint density at radius 2 is 1.80 bits per heavy atom. The Morgan fingerprint density at radius 3 is 2.65 bits per heavy atom. The topological polar surface area (TPSA) is 54.9 Å². The molecule has 1 N–H and O–H groups in total. The van der Waals surface area contributed by atoms with E-state index in [2.05, 4.69) is 15.3 Å². The summed E-state index contributed by atoms with van der Waals surface area (Å²) in [5, 5.41) is 3.97. The molecule has 0 saturated heterocycles. The van der Waals surface area contributed by atoms with E-state index in [-0.39, 0.29) is 5.91 Å². The molecule has 0 fully saturated rings. The third-order valence-electron chi connectivity index (χ3n) is 3.12. The van der Waals surface area contributed by atoms with Gasteiger partial charge in [0.15, 0.2) is 0 Å². The second-order valence-corrected chi connectivity index (χ2v) is 4.41. The minimum absolute atomic E-state index is 0.103. The van der Waals surface area contributed by atoms with Gasteiger partial charge in [0.05, 0.1) is 5.52 Å². The van der Waals surface area contributed by atoms with Crippen molar-refractivity contribution in [2.24, 2.45) is 0 Å². The fourth-order valence-corrected chi connectivity index (χ4v) is 2.09. The van der Waals surface area contributed by atoms with Gasteiger partial charge in [-0.2, -0.15) is 0 Å². The van der Waals surface area contributed by atoms with Gasteiger partial charge in [0.2, 0.25) is 0 Å². The van der Waals surface area contributed by atoms with Gasteiger partial charge in [-0.15, -0.1) is 0 Å². The van der Waals surface area contributed by atoms with Crippen LogP contribution in [0.25, 0.3) is 10.9 Å². The smallest absolute Gasteiger partial charge is 0.251 e. The van der Waals surface area contributed by atoms with Crippen LogP contribution in [0, 0.1) is 0 Å². The van der Waals surface area contributed by atoms with E-state index in [1.807, 2.05) is 30.3 Å². The van der Waals surface area contributed by atoms with Gasteiger partial charge in [0.1, 0.15) is 0 Å². The molecule has 2 aromatic heterocycles. The number of aromatic nitrogens is 2. The minimum atomic E-state index is -0.103. The summed E-state index contributed by atoms with van der Waals surface area (Å²) in [5.74, 6) is -0.103. The van der Waals surface area contributed by atoms with E-state index in [4.69, 9.17) is 0 Å². The lowest BCUT2D eigenvalue weighted by Gasteiger charge is -2.08. The fraction of sp³-hybridized carbons (Fsp3) is 0.0625. The van der Waals surface area contributed by atoms with E-state index in [1.54, 1.807) is 30.7 Å². The predicted molar refractivity (Wildman–Crippen MR) is 77.2 cm³/mol. The van der Waals surface area contributed by atoms with Crippen molar-refractivity contribution in [3.05, 3.63) is 72.2 Å². The highest BCUT2D eigenvalue weighted by molar-refractivity contribution is 5.94. The number of rotatable bonds is 3. The van der Waals surface area contributed by atoms with Gasteiger partial charge in [-0.1, -0.05) is 18.2 Å². The molecular weight excluding hydrogens is 250 g/mol. The SMILES string of the molecule is O=C(NCc1ccnc2ccccc12)c1ccncc1. The van der Waals surface area contributed by atoms with Crippen molar-refractivity contribution in [1.82, 2.24) is 15.3 Å². The number of nitrogens with zero attached hydrogens (tertiary/aromatic N) is 2. The maximum Gasteiger partial charge on any atom is 0.251 e. The molecule has 0 atom stereocenters. The lowest BCUT2D eigenvalue weighted by Crippen LogP contribution is -2.22. The Bertz CT molecular complexity index is 736. The van der Waals surface area contributed by atoms with Crippen LogP contribution in [0.5, 0.6) is 0 Å². The van der Waals surface area contributed by atoms with E-state index >= 15 is 0 Å². The van der Waals surface area contributed by atoms with Crippen molar-refractivity contribution in [1.29, 1.82) is 0 Å². The number of pyridine rings is 2. The quantitative estimate of drug-likeness (QED) is 0.790. The molecule has 0 aliphatic heterocycles. The Hall–Kier alpha value is -2.75. The van der Waals surface area contributed by atoms with Gasteiger partial charge in [0.25, 0.3) is 5.91 Å². The second-order valence-electron chi connectivity index (χ2n) is 4.41. The van der Waals surface area contributed by atoms with Crippen LogP contribution in [0.3, 0.4) is 0 Å². The van der Waals surface area contributed by atoms with Gasteiger partial charge >= 0.3 is 0 Å². The van der Waals surface area contributed by atoms with Crippen LogP contribution in [0.15, 0.2) is 61.1 Å². The zero-order chi connectivity index (χ0) is 13.8. The summed E-state index contributed by atoms with van der Waals surface area (Å²) in [6.45, 7) is 0.476. The third kappa shape index (κ3) is 2.49. The van der Waals surface area contributed by atoms with E-state index in [0.717, 1.165) is 16.5 Å². The van der Waals surface area contributed by atoms with E-state index in [1.165, 1.54) is 0 Å². The first-order chi connectivity index (χ1) is 9.84. The van der Waals surface area contributed by atoms with Crippen LogP contribution in [-0.2, 0) is 6.54 Å². The summed E-state index contributed by atoms with van der Waals surface area (Å²) in [4.78, 5) is 20.2. The maximum atomic E-state index is 12.0. The molecule has 0 aliphatic carbocycles. The van der Waals surface area contributed by atoms with Crippen molar-refractivity contribution in [2.75, 3.05) is 0 Å². The van der Waals surface area contributed by atoms with E-state index < -0.39 is 0 Å². The lowest BCUT2D eigenvalue weighted by molar-refractivity contribution is 0.0951. The van der Waals surface area contributed by atoms with E-state index in [9.17, 15) is 4.79 Å². The molecule has 0 saturated carbocycles. The normalized spacial score (nSPS) is 10.4. The van der Waals surface area contributed by atoms with Crippen molar-refractivity contribution in [3.63, 3.8) is 0 Å². The molecule has 0 aliphatic rings. The highest BCUT2D eigenvalue weighted by Gasteiger charge is 2.06. The van der Waals surface area contributed by atoms with E-state index in [0.29, 0.717) is 12.1 Å². The number of fused-ring (bicyclic) bond motifs is 1. The summed E-state index contributed by atoms with van der Waals surface area (Å²) in [6, 6.07) is 13.2. The molecule has 98 valence electrons. The fourth-order valence-electron chi connectivity index (χ4n) is 2.09. The lowest BCUT2D eigenvalue weighted by atomic mass is 10.1. The second kappa shape index (κ2) is 5.48. The standard InChI is InChI=1S/C16H13N3O/c20-16(12-5-8-17-9-6-12)19-11-13-7-10-18-15-4-2-1-3-14(13)15/h1-10H,11H2,(H,19,20). The van der Waals surface area contributed by atoms with Crippen molar-refractivity contribution in [2.45, 2.75) is 6.54 Å². The number of carbonyl (C=O) groups excluding carboxylic acids is 1.